The summed E-state index contributed by atoms with van der Waals surface area (Å²) >= 11 is 0. The first-order valence-corrected chi connectivity index (χ1v) is 4.93. The van der Waals surface area contributed by atoms with Gasteiger partial charge in [0.15, 0.2) is 0 Å². The second-order valence-corrected chi connectivity index (χ2v) is 3.57. The van der Waals surface area contributed by atoms with Crippen molar-refractivity contribution in [1.29, 1.82) is 0 Å². The van der Waals surface area contributed by atoms with Gasteiger partial charge in [0.1, 0.15) is 6.04 Å². The van der Waals surface area contributed by atoms with Crippen LogP contribution in [-0.4, -0.2) is 23.5 Å². The summed E-state index contributed by atoms with van der Waals surface area (Å²) in [5, 5.41) is 10.8. The van der Waals surface area contributed by atoms with E-state index >= 15 is 0 Å². The van der Waals surface area contributed by atoms with Crippen LogP contribution >= 0.6 is 0 Å². The number of hydrogen-bond acceptors (Lipinski definition) is 2. The summed E-state index contributed by atoms with van der Waals surface area (Å²) in [6, 6.07) is 2.96. The van der Waals surface area contributed by atoms with E-state index in [0.717, 1.165) is 12.1 Å². The van der Waals surface area contributed by atoms with E-state index in [2.05, 4.69) is 5.32 Å². The van der Waals surface area contributed by atoms with Crippen molar-refractivity contribution in [3.63, 3.8) is 0 Å². The van der Waals surface area contributed by atoms with E-state index in [1.807, 2.05) is 0 Å². The van der Waals surface area contributed by atoms with Crippen LogP contribution in [0.5, 0.6) is 0 Å². The van der Waals surface area contributed by atoms with Gasteiger partial charge in [0, 0.05) is 6.42 Å². The van der Waals surface area contributed by atoms with Gasteiger partial charge >= 0.3 is 12.1 Å². The number of nitrogens with one attached hydrogen (secondary N) is 1. The summed E-state index contributed by atoms with van der Waals surface area (Å²) in [6.45, 7) is 0. The third-order valence-corrected chi connectivity index (χ3v) is 2.29. The predicted molar refractivity (Wildman–Crippen MR) is 55.8 cm³/mol. The highest BCUT2D eigenvalue weighted by atomic mass is 19.4. The molecule has 0 spiro atoms. The Labute approximate surface area is 100 Å². The second kappa shape index (κ2) is 5.52. The molecule has 4 nitrogen and oxygen atoms in total. The fourth-order valence-electron chi connectivity index (χ4n) is 1.37. The number of carbonyl (C=O) groups is 2. The van der Waals surface area contributed by atoms with E-state index in [1.54, 1.807) is 0 Å². The Morgan fingerprint density at radius 1 is 1.33 bits per heavy atom. The lowest BCUT2D eigenvalue weighted by atomic mass is 10.0. The normalized spacial score (nSPS) is 12.8. The molecule has 0 unspecified atom stereocenters. The van der Waals surface area contributed by atoms with Crippen LogP contribution in [0.4, 0.5) is 13.2 Å². The first kappa shape index (κ1) is 14.0. The largest absolute Gasteiger partial charge is 0.480 e. The molecule has 0 aliphatic rings. The molecule has 0 saturated carbocycles. The van der Waals surface area contributed by atoms with Crippen molar-refractivity contribution < 1.29 is 27.9 Å². The number of aliphatic carboxylic acids is 1. The van der Waals surface area contributed by atoms with Crippen LogP contribution in [0, 0.1) is 0 Å². The maximum atomic E-state index is 12.3. The molecule has 0 bridgehead atoms. The van der Waals surface area contributed by atoms with Crippen molar-refractivity contribution in [3.05, 3.63) is 35.4 Å². The molecule has 1 aromatic rings. The molecular weight excluding hydrogens is 251 g/mol. The Kier molecular flexibility index (Phi) is 4.30. The lowest BCUT2D eigenvalue weighted by Crippen LogP contribution is -2.37. The number of amides is 1. The molecule has 0 aliphatic heterocycles. The number of rotatable bonds is 5. The molecule has 1 amide bonds. The maximum absolute atomic E-state index is 12.3. The number of benzene rings is 1. The SMILES string of the molecule is O=CN[C@@H](Cc1ccc(C(F)(F)F)cc1)C(=O)O. The summed E-state index contributed by atoms with van der Waals surface area (Å²) in [6.07, 6.45) is -4.26. The number of halogens is 3. The van der Waals surface area contributed by atoms with Gasteiger partial charge in [0.05, 0.1) is 5.56 Å². The van der Waals surface area contributed by atoms with Crippen LogP contribution < -0.4 is 5.32 Å². The highest BCUT2D eigenvalue weighted by Crippen LogP contribution is 2.29. The standard InChI is InChI=1S/C11H10F3NO3/c12-11(13,14)8-3-1-7(2-4-8)5-9(10(17)18)15-6-16/h1-4,6,9H,5H2,(H,15,16)(H,17,18)/t9-/m0/s1. The first-order valence-electron chi connectivity index (χ1n) is 4.93. The molecule has 98 valence electrons. The number of alkyl halides is 3. The highest BCUT2D eigenvalue weighted by molar-refractivity contribution is 5.76. The van der Waals surface area contributed by atoms with E-state index in [1.165, 1.54) is 12.1 Å². The Morgan fingerprint density at radius 3 is 2.28 bits per heavy atom. The van der Waals surface area contributed by atoms with Gasteiger partial charge in [0.2, 0.25) is 6.41 Å². The Balaban J connectivity index is 2.79. The van der Waals surface area contributed by atoms with Crippen molar-refractivity contribution in [1.82, 2.24) is 5.32 Å². The zero-order valence-corrected chi connectivity index (χ0v) is 9.07. The zero-order valence-electron chi connectivity index (χ0n) is 9.07. The van der Waals surface area contributed by atoms with Gasteiger partial charge in [-0.15, -0.1) is 0 Å². The summed E-state index contributed by atoms with van der Waals surface area (Å²) in [4.78, 5) is 20.9. The average molecular weight is 261 g/mol. The van der Waals surface area contributed by atoms with Crippen LogP contribution in [0.25, 0.3) is 0 Å². The van der Waals surface area contributed by atoms with E-state index in [-0.39, 0.29) is 12.8 Å². The smallest absolute Gasteiger partial charge is 0.416 e. The molecule has 0 aliphatic carbocycles. The summed E-state index contributed by atoms with van der Waals surface area (Å²) in [5.74, 6) is -1.25. The molecule has 2 N–H and O–H groups in total. The molecular formula is C11H10F3NO3. The minimum Gasteiger partial charge on any atom is -0.480 e. The molecule has 0 saturated heterocycles. The molecule has 1 aromatic carbocycles. The minimum absolute atomic E-state index is 0.0772. The van der Waals surface area contributed by atoms with Crippen LogP contribution in [-0.2, 0) is 22.2 Å². The molecule has 7 heteroatoms. The molecule has 1 atom stereocenters. The topological polar surface area (TPSA) is 66.4 Å². The van der Waals surface area contributed by atoms with Crippen molar-refractivity contribution >= 4 is 12.4 Å². The van der Waals surface area contributed by atoms with Crippen molar-refractivity contribution in [2.24, 2.45) is 0 Å². The van der Waals surface area contributed by atoms with Crippen LogP contribution in [0.3, 0.4) is 0 Å². The molecule has 0 aromatic heterocycles. The maximum Gasteiger partial charge on any atom is 0.416 e. The van der Waals surface area contributed by atoms with Gasteiger partial charge in [-0.2, -0.15) is 13.2 Å². The quantitative estimate of drug-likeness (QED) is 0.788. The molecule has 0 heterocycles. The minimum atomic E-state index is -4.42. The van der Waals surface area contributed by atoms with Gasteiger partial charge < -0.3 is 10.4 Å². The zero-order chi connectivity index (χ0) is 13.8. The van der Waals surface area contributed by atoms with Gasteiger partial charge in [-0.3, -0.25) is 4.79 Å². The third-order valence-electron chi connectivity index (χ3n) is 2.29. The van der Waals surface area contributed by atoms with Crippen LogP contribution in [0.1, 0.15) is 11.1 Å². The van der Waals surface area contributed by atoms with E-state index in [4.69, 9.17) is 5.11 Å². The van der Waals surface area contributed by atoms with Crippen molar-refractivity contribution in [2.75, 3.05) is 0 Å². The summed E-state index contributed by atoms with van der Waals surface area (Å²) < 4.78 is 36.8. The monoisotopic (exact) mass is 261 g/mol. The lowest BCUT2D eigenvalue weighted by molar-refractivity contribution is -0.140. The number of carboxylic acid groups (broad SMARTS) is 1. The van der Waals surface area contributed by atoms with E-state index in [9.17, 15) is 22.8 Å². The summed E-state index contributed by atoms with van der Waals surface area (Å²) in [7, 11) is 0. The second-order valence-electron chi connectivity index (χ2n) is 3.57. The van der Waals surface area contributed by atoms with Crippen LogP contribution in [0.15, 0.2) is 24.3 Å². The van der Waals surface area contributed by atoms with Crippen LogP contribution in [0.2, 0.25) is 0 Å². The molecule has 0 fully saturated rings. The fraction of sp³-hybridized carbons (Fsp3) is 0.273. The van der Waals surface area contributed by atoms with E-state index < -0.39 is 23.8 Å². The Hall–Kier alpha value is -2.05. The number of carboxylic acids is 1. The Bertz CT molecular complexity index is 428. The molecule has 0 radical (unpaired) electrons. The lowest BCUT2D eigenvalue weighted by Gasteiger charge is -2.12. The van der Waals surface area contributed by atoms with Gasteiger partial charge in [-0.05, 0) is 17.7 Å². The highest BCUT2D eigenvalue weighted by Gasteiger charge is 2.30. The first-order chi connectivity index (χ1) is 8.34. The van der Waals surface area contributed by atoms with Gasteiger partial charge in [-0.1, -0.05) is 12.1 Å². The third kappa shape index (κ3) is 3.76. The fourth-order valence-corrected chi connectivity index (χ4v) is 1.37. The van der Waals surface area contributed by atoms with Crippen molar-refractivity contribution in [3.8, 4) is 0 Å². The van der Waals surface area contributed by atoms with Gasteiger partial charge in [0.25, 0.3) is 0 Å². The van der Waals surface area contributed by atoms with E-state index in [0.29, 0.717) is 5.56 Å². The molecule has 18 heavy (non-hydrogen) atoms. The van der Waals surface area contributed by atoms with Gasteiger partial charge in [-0.25, -0.2) is 4.79 Å². The summed E-state index contributed by atoms with van der Waals surface area (Å²) in [5.41, 5.74) is -0.411. The molecule has 1 rings (SSSR count). The predicted octanol–water partition coefficient (Wildman–Crippen LogP) is 1.45. The number of hydrogen-bond donors (Lipinski definition) is 2. The van der Waals surface area contributed by atoms with Crippen molar-refractivity contribution in [2.45, 2.75) is 18.6 Å². The number of carbonyl (C=O) groups excluding carboxylic acids is 1. The Morgan fingerprint density at radius 2 is 1.89 bits per heavy atom. The average Bonchev–Trinajstić information content (AvgIpc) is 2.28.